The summed E-state index contributed by atoms with van der Waals surface area (Å²) in [5, 5.41) is 0. The summed E-state index contributed by atoms with van der Waals surface area (Å²) in [5.74, 6) is 1.01. The predicted octanol–water partition coefficient (Wildman–Crippen LogP) is 3.06. The molecule has 0 saturated heterocycles. The molecule has 0 fully saturated rings. The zero-order valence-corrected chi connectivity index (χ0v) is 10.3. The first-order valence-electron chi connectivity index (χ1n) is 5.51. The summed E-state index contributed by atoms with van der Waals surface area (Å²) in [5.41, 5.74) is 7.04. The van der Waals surface area contributed by atoms with Crippen LogP contribution in [0.4, 0.5) is 0 Å². The maximum atomic E-state index is 5.61. The number of ether oxygens (including phenoxy) is 1. The first kappa shape index (κ1) is 14.0. The Hall–Kier alpha value is -1.02. The van der Waals surface area contributed by atoms with Gasteiger partial charge in [0.25, 0.3) is 0 Å². The second-order valence-electron chi connectivity index (χ2n) is 3.53. The molecule has 0 aromatic heterocycles. The SMILES string of the molecule is CCCCOc1cc(C)cc(C)c1.CN. The van der Waals surface area contributed by atoms with Crippen LogP contribution in [0.25, 0.3) is 0 Å². The largest absolute Gasteiger partial charge is 0.494 e. The molecule has 1 aromatic carbocycles. The molecule has 0 bridgehead atoms. The molecule has 2 N–H and O–H groups in total. The van der Waals surface area contributed by atoms with Crippen LogP contribution in [0.1, 0.15) is 30.9 Å². The van der Waals surface area contributed by atoms with Crippen molar-refractivity contribution in [3.8, 4) is 5.75 Å². The molecule has 0 aliphatic carbocycles. The molecular formula is C13H23NO. The van der Waals surface area contributed by atoms with E-state index in [0.29, 0.717) is 0 Å². The van der Waals surface area contributed by atoms with Crippen molar-refractivity contribution in [3.05, 3.63) is 29.3 Å². The molecule has 0 aliphatic heterocycles. The molecule has 0 heterocycles. The average molecular weight is 209 g/mol. The summed E-state index contributed by atoms with van der Waals surface area (Å²) in [7, 11) is 1.50. The van der Waals surface area contributed by atoms with Gasteiger partial charge in [-0.25, -0.2) is 0 Å². The molecule has 2 heteroatoms. The zero-order chi connectivity index (χ0) is 11.7. The van der Waals surface area contributed by atoms with Gasteiger partial charge in [0.2, 0.25) is 0 Å². The quantitative estimate of drug-likeness (QED) is 0.773. The van der Waals surface area contributed by atoms with Crippen molar-refractivity contribution in [1.82, 2.24) is 0 Å². The van der Waals surface area contributed by atoms with E-state index in [1.54, 1.807) is 0 Å². The Labute approximate surface area is 93.4 Å². The van der Waals surface area contributed by atoms with Crippen LogP contribution in [-0.4, -0.2) is 13.7 Å². The smallest absolute Gasteiger partial charge is 0.119 e. The van der Waals surface area contributed by atoms with Crippen LogP contribution in [0.2, 0.25) is 0 Å². The van der Waals surface area contributed by atoms with E-state index in [-0.39, 0.29) is 0 Å². The van der Waals surface area contributed by atoms with E-state index >= 15 is 0 Å². The standard InChI is InChI=1S/C12H18O.CH5N/c1-4-5-6-13-12-8-10(2)7-11(3)9-12;1-2/h7-9H,4-6H2,1-3H3;2H2,1H3. The average Bonchev–Trinajstić information content (AvgIpc) is 2.20. The van der Waals surface area contributed by atoms with Crippen molar-refractivity contribution >= 4 is 0 Å². The summed E-state index contributed by atoms with van der Waals surface area (Å²) in [6.07, 6.45) is 2.32. The fourth-order valence-corrected chi connectivity index (χ4v) is 1.35. The van der Waals surface area contributed by atoms with Crippen molar-refractivity contribution in [2.24, 2.45) is 5.73 Å². The highest BCUT2D eigenvalue weighted by molar-refractivity contribution is 5.32. The Balaban J connectivity index is 0.000000921. The zero-order valence-electron chi connectivity index (χ0n) is 10.3. The minimum atomic E-state index is 0.833. The van der Waals surface area contributed by atoms with Crippen LogP contribution in [-0.2, 0) is 0 Å². The Morgan fingerprint density at radius 1 is 1.07 bits per heavy atom. The van der Waals surface area contributed by atoms with E-state index in [0.717, 1.165) is 18.8 Å². The lowest BCUT2D eigenvalue weighted by Crippen LogP contribution is -1.96. The van der Waals surface area contributed by atoms with Crippen molar-refractivity contribution in [1.29, 1.82) is 0 Å². The summed E-state index contributed by atoms with van der Waals surface area (Å²) >= 11 is 0. The first-order chi connectivity index (χ1) is 7.22. The summed E-state index contributed by atoms with van der Waals surface area (Å²) in [6.45, 7) is 7.20. The van der Waals surface area contributed by atoms with Gasteiger partial charge in [0.15, 0.2) is 0 Å². The number of benzene rings is 1. The lowest BCUT2D eigenvalue weighted by Gasteiger charge is -2.07. The highest BCUT2D eigenvalue weighted by Gasteiger charge is 1.95. The van der Waals surface area contributed by atoms with Crippen molar-refractivity contribution in [2.75, 3.05) is 13.7 Å². The van der Waals surface area contributed by atoms with E-state index in [9.17, 15) is 0 Å². The highest BCUT2D eigenvalue weighted by Crippen LogP contribution is 2.16. The third-order valence-electron chi connectivity index (χ3n) is 1.96. The molecule has 0 amide bonds. The first-order valence-corrected chi connectivity index (χ1v) is 5.51. The van der Waals surface area contributed by atoms with E-state index < -0.39 is 0 Å². The van der Waals surface area contributed by atoms with Gasteiger partial charge in [0.05, 0.1) is 6.61 Å². The van der Waals surface area contributed by atoms with Crippen molar-refractivity contribution in [2.45, 2.75) is 33.6 Å². The van der Waals surface area contributed by atoms with Gasteiger partial charge in [-0.05, 0) is 50.6 Å². The number of aryl methyl sites for hydroxylation is 2. The molecule has 0 radical (unpaired) electrons. The molecule has 0 aliphatic rings. The van der Waals surface area contributed by atoms with Gasteiger partial charge < -0.3 is 10.5 Å². The predicted molar refractivity (Wildman–Crippen MR) is 66.4 cm³/mol. The molecule has 2 nitrogen and oxygen atoms in total. The van der Waals surface area contributed by atoms with Crippen molar-refractivity contribution in [3.63, 3.8) is 0 Å². The fraction of sp³-hybridized carbons (Fsp3) is 0.538. The molecule has 0 unspecified atom stereocenters. The van der Waals surface area contributed by atoms with Gasteiger partial charge in [0, 0.05) is 0 Å². The van der Waals surface area contributed by atoms with Crippen LogP contribution in [0.15, 0.2) is 18.2 Å². The maximum absolute atomic E-state index is 5.61. The third-order valence-corrected chi connectivity index (χ3v) is 1.96. The topological polar surface area (TPSA) is 35.2 Å². The summed E-state index contributed by atoms with van der Waals surface area (Å²) in [6, 6.07) is 6.33. The molecule has 1 rings (SSSR count). The molecule has 0 spiro atoms. The van der Waals surface area contributed by atoms with E-state index in [1.165, 1.54) is 24.6 Å². The van der Waals surface area contributed by atoms with E-state index in [2.05, 4.69) is 44.7 Å². The van der Waals surface area contributed by atoms with Gasteiger partial charge in [-0.2, -0.15) is 0 Å². The number of unbranched alkanes of at least 4 members (excludes halogenated alkanes) is 1. The number of rotatable bonds is 4. The second-order valence-corrected chi connectivity index (χ2v) is 3.53. The number of hydrogen-bond acceptors (Lipinski definition) is 2. The monoisotopic (exact) mass is 209 g/mol. The lowest BCUT2D eigenvalue weighted by molar-refractivity contribution is 0.309. The van der Waals surface area contributed by atoms with Crippen LogP contribution in [0.3, 0.4) is 0 Å². The van der Waals surface area contributed by atoms with Crippen LogP contribution < -0.4 is 10.5 Å². The van der Waals surface area contributed by atoms with Gasteiger partial charge in [-0.3, -0.25) is 0 Å². The van der Waals surface area contributed by atoms with Gasteiger partial charge in [-0.15, -0.1) is 0 Å². The lowest BCUT2D eigenvalue weighted by atomic mass is 10.1. The molecule has 15 heavy (non-hydrogen) atoms. The summed E-state index contributed by atoms with van der Waals surface area (Å²) < 4.78 is 5.61. The minimum absolute atomic E-state index is 0.833. The maximum Gasteiger partial charge on any atom is 0.119 e. The molecule has 86 valence electrons. The second kappa shape index (κ2) is 8.30. The third kappa shape index (κ3) is 6.13. The van der Waals surface area contributed by atoms with Crippen molar-refractivity contribution < 1.29 is 4.74 Å². The van der Waals surface area contributed by atoms with Crippen LogP contribution in [0.5, 0.6) is 5.75 Å². The van der Waals surface area contributed by atoms with Gasteiger partial charge >= 0.3 is 0 Å². The minimum Gasteiger partial charge on any atom is -0.494 e. The molecule has 0 saturated carbocycles. The molecule has 1 aromatic rings. The normalized spacial score (nSPS) is 9.13. The van der Waals surface area contributed by atoms with Gasteiger partial charge in [0.1, 0.15) is 5.75 Å². The molecular weight excluding hydrogens is 186 g/mol. The van der Waals surface area contributed by atoms with Crippen LogP contribution >= 0.6 is 0 Å². The molecule has 0 atom stereocenters. The Morgan fingerprint density at radius 3 is 2.07 bits per heavy atom. The Morgan fingerprint density at radius 2 is 1.60 bits per heavy atom. The highest BCUT2D eigenvalue weighted by atomic mass is 16.5. The van der Waals surface area contributed by atoms with E-state index in [1.807, 2.05) is 0 Å². The Kier molecular flexibility index (Phi) is 7.74. The summed E-state index contributed by atoms with van der Waals surface area (Å²) in [4.78, 5) is 0. The number of nitrogens with two attached hydrogens (primary N) is 1. The van der Waals surface area contributed by atoms with E-state index in [4.69, 9.17) is 4.74 Å². The van der Waals surface area contributed by atoms with Gasteiger partial charge in [-0.1, -0.05) is 19.4 Å². The Bertz CT molecular complexity index is 251. The van der Waals surface area contributed by atoms with Crippen LogP contribution in [0, 0.1) is 13.8 Å². The fourth-order valence-electron chi connectivity index (χ4n) is 1.35. The number of hydrogen-bond donors (Lipinski definition) is 1.